The third-order valence-corrected chi connectivity index (χ3v) is 3.81. The summed E-state index contributed by atoms with van der Waals surface area (Å²) in [6, 6.07) is 0. The van der Waals surface area contributed by atoms with Gasteiger partial charge in [0.1, 0.15) is 13.2 Å². The summed E-state index contributed by atoms with van der Waals surface area (Å²) in [6.07, 6.45) is 4.11. The van der Waals surface area contributed by atoms with E-state index in [0.29, 0.717) is 39.6 Å². The maximum atomic E-state index is 11.2. The normalized spacial score (nSPS) is 19.9. The minimum absolute atomic E-state index is 0.0139. The first-order chi connectivity index (χ1) is 12.7. The molecule has 26 heavy (non-hydrogen) atoms. The van der Waals surface area contributed by atoms with Crippen molar-refractivity contribution in [3.8, 4) is 0 Å². The smallest absolute Gasteiger partial charge is 0.332 e. The van der Waals surface area contributed by atoms with Crippen LogP contribution in [-0.2, 0) is 38.0 Å². The summed E-state index contributed by atoms with van der Waals surface area (Å²) in [5, 5.41) is 0. The predicted octanol–water partition coefficient (Wildman–Crippen LogP) is 1.49. The van der Waals surface area contributed by atoms with E-state index >= 15 is 0 Å². The fraction of sp³-hybridized carbons (Fsp3) is 0.889. The SMILES string of the molecule is CCOC(=O)COCCO[C@@H]1CCCC[C@H]1OCCOCC(=O)OCC. The van der Waals surface area contributed by atoms with Crippen LogP contribution in [0.15, 0.2) is 0 Å². The Hall–Kier alpha value is -1.22. The van der Waals surface area contributed by atoms with Gasteiger partial charge in [-0.2, -0.15) is 0 Å². The zero-order valence-electron chi connectivity index (χ0n) is 15.9. The molecule has 0 bridgehead atoms. The first kappa shape index (κ1) is 22.8. The van der Waals surface area contributed by atoms with E-state index in [0.717, 1.165) is 25.7 Å². The van der Waals surface area contributed by atoms with E-state index in [1.54, 1.807) is 13.8 Å². The second-order valence-electron chi connectivity index (χ2n) is 5.82. The van der Waals surface area contributed by atoms with Crippen LogP contribution in [0.1, 0.15) is 39.5 Å². The Morgan fingerprint density at radius 3 is 1.54 bits per heavy atom. The van der Waals surface area contributed by atoms with Crippen molar-refractivity contribution in [3.05, 3.63) is 0 Å². The van der Waals surface area contributed by atoms with Crippen molar-refractivity contribution in [2.75, 3.05) is 52.9 Å². The molecule has 0 unspecified atom stereocenters. The van der Waals surface area contributed by atoms with Gasteiger partial charge < -0.3 is 28.4 Å². The molecule has 0 amide bonds. The number of carbonyl (C=O) groups excluding carboxylic acids is 2. The van der Waals surface area contributed by atoms with Crippen LogP contribution < -0.4 is 0 Å². The Morgan fingerprint density at radius 1 is 0.731 bits per heavy atom. The average molecular weight is 376 g/mol. The summed E-state index contributed by atoms with van der Waals surface area (Å²) in [4.78, 5) is 22.3. The monoisotopic (exact) mass is 376 g/mol. The van der Waals surface area contributed by atoms with Crippen molar-refractivity contribution in [3.63, 3.8) is 0 Å². The van der Waals surface area contributed by atoms with Crippen LogP contribution >= 0.6 is 0 Å². The molecule has 0 N–H and O–H groups in total. The molecular weight excluding hydrogens is 344 g/mol. The summed E-state index contributed by atoms with van der Waals surface area (Å²) in [6.45, 7) is 5.59. The molecule has 0 aliphatic heterocycles. The molecule has 8 nitrogen and oxygen atoms in total. The molecule has 0 radical (unpaired) electrons. The quantitative estimate of drug-likeness (QED) is 0.333. The highest BCUT2D eigenvalue weighted by atomic mass is 16.6. The highest BCUT2D eigenvalue weighted by molar-refractivity contribution is 5.70. The molecule has 2 atom stereocenters. The number of esters is 2. The van der Waals surface area contributed by atoms with Crippen molar-refractivity contribution in [2.45, 2.75) is 51.7 Å². The largest absolute Gasteiger partial charge is 0.464 e. The summed E-state index contributed by atoms with van der Waals surface area (Å²) in [7, 11) is 0. The number of hydrogen-bond donors (Lipinski definition) is 0. The third kappa shape index (κ3) is 10.7. The van der Waals surface area contributed by atoms with Gasteiger partial charge in [0.2, 0.25) is 0 Å². The molecule has 0 spiro atoms. The highest BCUT2D eigenvalue weighted by Gasteiger charge is 2.26. The standard InChI is InChI=1S/C18H32O8/c1-3-23-17(19)13-21-9-11-25-15-7-5-6-8-16(15)26-12-10-22-14-18(20)24-4-2/h15-16H,3-14H2,1-2H3/t15-,16-/m1/s1. The van der Waals surface area contributed by atoms with Crippen LogP contribution in [0.5, 0.6) is 0 Å². The molecule has 1 aliphatic carbocycles. The highest BCUT2D eigenvalue weighted by Crippen LogP contribution is 2.23. The van der Waals surface area contributed by atoms with Crippen LogP contribution in [0.3, 0.4) is 0 Å². The zero-order chi connectivity index (χ0) is 19.0. The molecule has 1 fully saturated rings. The van der Waals surface area contributed by atoms with E-state index in [1.165, 1.54) is 0 Å². The molecule has 1 rings (SSSR count). The first-order valence-electron chi connectivity index (χ1n) is 9.37. The van der Waals surface area contributed by atoms with Gasteiger partial charge >= 0.3 is 11.9 Å². The topological polar surface area (TPSA) is 89.5 Å². The van der Waals surface area contributed by atoms with Crippen LogP contribution in [0.25, 0.3) is 0 Å². The summed E-state index contributed by atoms with van der Waals surface area (Å²) in [5.74, 6) is -0.733. The predicted molar refractivity (Wildman–Crippen MR) is 92.9 cm³/mol. The number of carbonyl (C=O) groups is 2. The molecule has 0 saturated heterocycles. The lowest BCUT2D eigenvalue weighted by molar-refractivity contribution is -0.152. The summed E-state index contributed by atoms with van der Waals surface area (Å²) in [5.41, 5.74) is 0. The minimum Gasteiger partial charge on any atom is -0.464 e. The van der Waals surface area contributed by atoms with Crippen molar-refractivity contribution in [1.82, 2.24) is 0 Å². The Labute approximate surface area is 155 Å². The molecule has 8 heteroatoms. The maximum Gasteiger partial charge on any atom is 0.332 e. The van der Waals surface area contributed by atoms with Gasteiger partial charge in [-0.3, -0.25) is 0 Å². The van der Waals surface area contributed by atoms with Crippen LogP contribution in [0.4, 0.5) is 0 Å². The minimum atomic E-state index is -0.366. The molecule has 0 aromatic rings. The zero-order valence-corrected chi connectivity index (χ0v) is 15.9. The number of rotatable bonds is 14. The van der Waals surface area contributed by atoms with Gasteiger partial charge in [0.25, 0.3) is 0 Å². The van der Waals surface area contributed by atoms with Gasteiger partial charge in [0.15, 0.2) is 0 Å². The maximum absolute atomic E-state index is 11.2. The van der Waals surface area contributed by atoms with Gasteiger partial charge in [-0.15, -0.1) is 0 Å². The Balaban J connectivity index is 2.11. The Kier molecular flexibility index (Phi) is 13.1. The van der Waals surface area contributed by atoms with Gasteiger partial charge in [0.05, 0.1) is 51.8 Å². The van der Waals surface area contributed by atoms with E-state index in [2.05, 4.69) is 0 Å². The molecule has 0 heterocycles. The van der Waals surface area contributed by atoms with Gasteiger partial charge in [0, 0.05) is 0 Å². The van der Waals surface area contributed by atoms with Crippen molar-refractivity contribution in [2.24, 2.45) is 0 Å². The van der Waals surface area contributed by atoms with Crippen molar-refractivity contribution >= 4 is 11.9 Å². The lowest BCUT2D eigenvalue weighted by Crippen LogP contribution is -2.36. The lowest BCUT2D eigenvalue weighted by atomic mass is 9.94. The fourth-order valence-electron chi connectivity index (χ4n) is 2.68. The van der Waals surface area contributed by atoms with Crippen molar-refractivity contribution in [1.29, 1.82) is 0 Å². The van der Waals surface area contributed by atoms with E-state index in [4.69, 9.17) is 28.4 Å². The second kappa shape index (κ2) is 14.9. The third-order valence-electron chi connectivity index (χ3n) is 3.81. The number of ether oxygens (including phenoxy) is 6. The van der Waals surface area contributed by atoms with E-state index in [9.17, 15) is 9.59 Å². The molecular formula is C18H32O8. The van der Waals surface area contributed by atoms with E-state index in [1.807, 2.05) is 0 Å². The number of hydrogen-bond acceptors (Lipinski definition) is 8. The Morgan fingerprint density at radius 2 is 1.15 bits per heavy atom. The second-order valence-corrected chi connectivity index (χ2v) is 5.82. The van der Waals surface area contributed by atoms with Crippen LogP contribution in [-0.4, -0.2) is 77.0 Å². The lowest BCUT2D eigenvalue weighted by Gasteiger charge is -2.31. The molecule has 0 aromatic heterocycles. The molecule has 0 aromatic carbocycles. The van der Waals surface area contributed by atoms with Gasteiger partial charge in [-0.05, 0) is 26.7 Å². The van der Waals surface area contributed by atoms with Crippen molar-refractivity contribution < 1.29 is 38.0 Å². The van der Waals surface area contributed by atoms with Crippen LogP contribution in [0, 0.1) is 0 Å². The molecule has 1 aliphatic rings. The summed E-state index contributed by atoms with van der Waals surface area (Å²) >= 11 is 0. The first-order valence-corrected chi connectivity index (χ1v) is 9.37. The van der Waals surface area contributed by atoms with E-state index < -0.39 is 0 Å². The molecule has 152 valence electrons. The van der Waals surface area contributed by atoms with E-state index in [-0.39, 0.29) is 37.4 Å². The molecule has 1 saturated carbocycles. The van der Waals surface area contributed by atoms with Gasteiger partial charge in [-0.1, -0.05) is 12.8 Å². The fourth-order valence-corrected chi connectivity index (χ4v) is 2.68. The van der Waals surface area contributed by atoms with Gasteiger partial charge in [-0.25, -0.2) is 9.59 Å². The Bertz CT molecular complexity index is 351. The van der Waals surface area contributed by atoms with Crippen LogP contribution in [0.2, 0.25) is 0 Å². The average Bonchev–Trinajstić information content (AvgIpc) is 2.62. The summed E-state index contributed by atoms with van der Waals surface area (Å²) < 4.78 is 31.7.